The molecule has 0 aliphatic carbocycles. The van der Waals surface area contributed by atoms with E-state index in [1.54, 1.807) is 0 Å². The van der Waals surface area contributed by atoms with Crippen LogP contribution in [0.3, 0.4) is 0 Å². The summed E-state index contributed by atoms with van der Waals surface area (Å²) >= 11 is 8.37. The van der Waals surface area contributed by atoms with Crippen molar-refractivity contribution in [3.63, 3.8) is 0 Å². The maximum absolute atomic E-state index is 6.09. The van der Waals surface area contributed by atoms with Gasteiger partial charge in [-0.2, -0.15) is 0 Å². The van der Waals surface area contributed by atoms with Crippen molar-refractivity contribution in [1.29, 1.82) is 0 Å². The van der Waals surface area contributed by atoms with Crippen LogP contribution in [0.1, 0.15) is 23.6 Å². The zero-order valence-electron chi connectivity index (χ0n) is 16.0. The van der Waals surface area contributed by atoms with Crippen molar-refractivity contribution in [3.8, 4) is 11.5 Å². The molecule has 0 atom stereocenters. The van der Waals surface area contributed by atoms with Crippen LogP contribution >= 0.6 is 34.2 Å². The highest BCUT2D eigenvalue weighted by Crippen LogP contribution is 2.35. The van der Waals surface area contributed by atoms with Gasteiger partial charge in [0, 0.05) is 17.3 Å². The summed E-state index contributed by atoms with van der Waals surface area (Å²) in [5.41, 5.74) is 4.53. The molecule has 0 saturated heterocycles. The van der Waals surface area contributed by atoms with E-state index in [1.165, 1.54) is 5.56 Å². The third kappa shape index (κ3) is 5.55. The number of anilines is 1. The minimum Gasteiger partial charge on any atom is -0.490 e. The summed E-state index contributed by atoms with van der Waals surface area (Å²) in [5, 5.41) is 4.20. The van der Waals surface area contributed by atoms with Crippen molar-refractivity contribution in [1.82, 2.24) is 0 Å². The van der Waals surface area contributed by atoms with Crippen LogP contribution in [-0.4, -0.2) is 6.61 Å². The van der Waals surface area contributed by atoms with E-state index in [2.05, 4.69) is 53.0 Å². The highest BCUT2D eigenvalue weighted by atomic mass is 127. The van der Waals surface area contributed by atoms with Gasteiger partial charge in [0.1, 0.15) is 6.61 Å². The molecule has 3 nitrogen and oxygen atoms in total. The SMILES string of the molecule is CCOc1cc(CNc2ccccc2C)cc(I)c1OCc1cccc(Cl)c1. The predicted octanol–water partition coefficient (Wildman–Crippen LogP) is 6.84. The molecule has 146 valence electrons. The van der Waals surface area contributed by atoms with Gasteiger partial charge in [0.2, 0.25) is 0 Å². The minimum atomic E-state index is 0.442. The molecule has 3 aromatic carbocycles. The highest BCUT2D eigenvalue weighted by Gasteiger charge is 2.13. The Bertz CT molecular complexity index is 946. The van der Waals surface area contributed by atoms with Crippen LogP contribution in [0.15, 0.2) is 60.7 Å². The zero-order chi connectivity index (χ0) is 19.9. The molecule has 0 heterocycles. The second-order valence-electron chi connectivity index (χ2n) is 6.42. The molecule has 0 saturated carbocycles. The zero-order valence-corrected chi connectivity index (χ0v) is 18.9. The molecule has 1 N–H and O–H groups in total. The molecule has 0 amide bonds. The van der Waals surface area contributed by atoms with Crippen molar-refractivity contribution in [2.75, 3.05) is 11.9 Å². The first kappa shape index (κ1) is 20.8. The Hall–Kier alpha value is -1.92. The Kier molecular flexibility index (Phi) is 7.45. The van der Waals surface area contributed by atoms with E-state index < -0.39 is 0 Å². The standard InChI is InChI=1S/C23H23ClINO2/c1-3-27-22-13-18(14-26-21-10-5-4-7-16(21)2)12-20(25)23(22)28-15-17-8-6-9-19(24)11-17/h4-13,26H,3,14-15H2,1-2H3. The minimum absolute atomic E-state index is 0.442. The summed E-state index contributed by atoms with van der Waals surface area (Å²) in [6, 6.07) is 20.1. The van der Waals surface area contributed by atoms with Gasteiger partial charge >= 0.3 is 0 Å². The average Bonchev–Trinajstić information content (AvgIpc) is 2.67. The van der Waals surface area contributed by atoms with Gasteiger partial charge in [-0.25, -0.2) is 0 Å². The van der Waals surface area contributed by atoms with Gasteiger partial charge in [0.05, 0.1) is 10.2 Å². The van der Waals surface area contributed by atoms with Crippen LogP contribution in [-0.2, 0) is 13.2 Å². The monoisotopic (exact) mass is 507 g/mol. The third-order valence-electron chi connectivity index (χ3n) is 4.27. The molecule has 3 aromatic rings. The molecule has 0 aliphatic rings. The number of halogens is 2. The molecule has 3 rings (SSSR count). The molecule has 0 bridgehead atoms. The van der Waals surface area contributed by atoms with E-state index >= 15 is 0 Å². The molecule has 0 unspecified atom stereocenters. The first-order valence-corrected chi connectivity index (χ1v) is 10.6. The van der Waals surface area contributed by atoms with Gasteiger partial charge in [-0.15, -0.1) is 0 Å². The summed E-state index contributed by atoms with van der Waals surface area (Å²) in [7, 11) is 0. The third-order valence-corrected chi connectivity index (χ3v) is 5.31. The van der Waals surface area contributed by atoms with Crippen LogP contribution in [0.2, 0.25) is 5.02 Å². The van der Waals surface area contributed by atoms with Crippen molar-refractivity contribution < 1.29 is 9.47 Å². The number of hydrogen-bond acceptors (Lipinski definition) is 3. The van der Waals surface area contributed by atoms with Crippen molar-refractivity contribution in [2.45, 2.75) is 27.0 Å². The number of aryl methyl sites for hydroxylation is 1. The molecule has 0 aliphatic heterocycles. The Morgan fingerprint density at radius 2 is 1.79 bits per heavy atom. The fourth-order valence-corrected chi connectivity index (χ4v) is 3.91. The Morgan fingerprint density at radius 3 is 2.54 bits per heavy atom. The van der Waals surface area contributed by atoms with Crippen LogP contribution < -0.4 is 14.8 Å². The van der Waals surface area contributed by atoms with E-state index in [0.717, 1.165) is 38.4 Å². The van der Waals surface area contributed by atoms with Gasteiger partial charge in [-0.1, -0.05) is 41.9 Å². The lowest BCUT2D eigenvalue weighted by atomic mass is 10.1. The smallest absolute Gasteiger partial charge is 0.174 e. The summed E-state index contributed by atoms with van der Waals surface area (Å²) in [6.45, 7) is 5.82. The van der Waals surface area contributed by atoms with Crippen molar-refractivity contribution in [2.24, 2.45) is 0 Å². The summed E-state index contributed by atoms with van der Waals surface area (Å²) in [6.07, 6.45) is 0. The van der Waals surface area contributed by atoms with Crippen LogP contribution in [0.4, 0.5) is 5.69 Å². The molecule has 0 radical (unpaired) electrons. The molecule has 28 heavy (non-hydrogen) atoms. The maximum atomic E-state index is 6.09. The number of para-hydroxylation sites is 1. The van der Waals surface area contributed by atoms with Gasteiger partial charge in [0.25, 0.3) is 0 Å². The number of rotatable bonds is 8. The molecule has 0 fully saturated rings. The summed E-state index contributed by atoms with van der Waals surface area (Å²) < 4.78 is 13.0. The van der Waals surface area contributed by atoms with E-state index in [-0.39, 0.29) is 0 Å². The quantitative estimate of drug-likeness (QED) is 0.339. The molecule has 5 heteroatoms. The molecular formula is C23H23ClINO2. The number of nitrogens with one attached hydrogen (secondary N) is 1. The fraction of sp³-hybridized carbons (Fsp3) is 0.217. The van der Waals surface area contributed by atoms with Crippen LogP contribution in [0, 0.1) is 10.5 Å². The predicted molar refractivity (Wildman–Crippen MR) is 125 cm³/mol. The second kappa shape index (κ2) is 10.0. The molecule has 0 spiro atoms. The number of hydrogen-bond donors (Lipinski definition) is 1. The first-order chi connectivity index (χ1) is 13.6. The van der Waals surface area contributed by atoms with E-state index in [4.69, 9.17) is 21.1 Å². The number of ether oxygens (including phenoxy) is 2. The topological polar surface area (TPSA) is 30.5 Å². The van der Waals surface area contributed by atoms with Crippen molar-refractivity contribution in [3.05, 3.63) is 85.9 Å². The van der Waals surface area contributed by atoms with Gasteiger partial charge in [-0.05, 0) is 83.5 Å². The second-order valence-corrected chi connectivity index (χ2v) is 8.02. The van der Waals surface area contributed by atoms with Crippen LogP contribution in [0.25, 0.3) is 0 Å². The number of benzene rings is 3. The molecular weight excluding hydrogens is 485 g/mol. The maximum Gasteiger partial charge on any atom is 0.174 e. The lowest BCUT2D eigenvalue weighted by Crippen LogP contribution is -2.05. The summed E-state index contributed by atoms with van der Waals surface area (Å²) in [5.74, 6) is 1.53. The highest BCUT2D eigenvalue weighted by molar-refractivity contribution is 14.1. The van der Waals surface area contributed by atoms with Crippen molar-refractivity contribution >= 4 is 39.9 Å². The lowest BCUT2D eigenvalue weighted by Gasteiger charge is -2.16. The van der Waals surface area contributed by atoms with Gasteiger partial charge in [-0.3, -0.25) is 0 Å². The van der Waals surface area contributed by atoms with Gasteiger partial charge < -0.3 is 14.8 Å². The van der Waals surface area contributed by atoms with E-state index in [0.29, 0.717) is 18.2 Å². The Morgan fingerprint density at radius 1 is 0.964 bits per heavy atom. The normalized spacial score (nSPS) is 10.6. The largest absolute Gasteiger partial charge is 0.490 e. The Balaban J connectivity index is 1.76. The van der Waals surface area contributed by atoms with E-state index in [1.807, 2.05) is 49.4 Å². The lowest BCUT2D eigenvalue weighted by molar-refractivity contribution is 0.267. The Labute approximate surface area is 185 Å². The fourth-order valence-electron chi connectivity index (χ4n) is 2.88. The average molecular weight is 508 g/mol. The van der Waals surface area contributed by atoms with E-state index in [9.17, 15) is 0 Å². The van der Waals surface area contributed by atoms with Crippen LogP contribution in [0.5, 0.6) is 11.5 Å². The molecule has 0 aromatic heterocycles. The first-order valence-electron chi connectivity index (χ1n) is 9.18. The van der Waals surface area contributed by atoms with Gasteiger partial charge in [0.15, 0.2) is 11.5 Å². The summed E-state index contributed by atoms with van der Waals surface area (Å²) in [4.78, 5) is 0.